The summed E-state index contributed by atoms with van der Waals surface area (Å²) in [5.41, 5.74) is 1.32. The van der Waals surface area contributed by atoms with Crippen molar-refractivity contribution in [3.8, 4) is 0 Å². The summed E-state index contributed by atoms with van der Waals surface area (Å²) in [6.45, 7) is 1.56. The second-order valence-corrected chi connectivity index (χ2v) is 6.42. The number of aliphatic hydroxyl groups excluding tert-OH is 1. The lowest BCUT2D eigenvalue weighted by Gasteiger charge is -2.45. The smallest absolute Gasteiger partial charge is 0.235 e. The van der Waals surface area contributed by atoms with Crippen LogP contribution < -0.4 is 5.11 Å². The van der Waals surface area contributed by atoms with Crippen molar-refractivity contribution in [1.82, 2.24) is 4.90 Å². The number of β-lactam (4-membered cyclic amide) rings is 1. The van der Waals surface area contributed by atoms with Crippen LogP contribution in [0.1, 0.15) is 18.9 Å². The molecule has 0 radical (unpaired) electrons. The van der Waals surface area contributed by atoms with Gasteiger partial charge in [-0.15, -0.1) is 0 Å². The van der Waals surface area contributed by atoms with E-state index in [4.69, 9.17) is 0 Å². The molecule has 0 unspecified atom stereocenters. The van der Waals surface area contributed by atoms with E-state index in [0.717, 1.165) is 16.3 Å². The second-order valence-electron chi connectivity index (χ2n) is 6.42. The Bertz CT molecular complexity index is 899. The maximum Gasteiger partial charge on any atom is 0.235 e. The topological polar surface area (TPSA) is 80.7 Å². The lowest BCUT2D eigenvalue weighted by atomic mass is 9.82. The van der Waals surface area contributed by atoms with Crippen LogP contribution in [0.5, 0.6) is 0 Å². The first-order valence-electron chi connectivity index (χ1n) is 7.94. The van der Waals surface area contributed by atoms with Crippen molar-refractivity contribution in [2.24, 2.45) is 5.92 Å². The normalized spacial score (nSPS) is 24.1. The zero-order valence-electron chi connectivity index (χ0n) is 13.1. The first-order chi connectivity index (χ1) is 11.5. The first kappa shape index (κ1) is 14.9. The molecule has 4 rings (SSSR count). The van der Waals surface area contributed by atoms with Gasteiger partial charge in [0.25, 0.3) is 0 Å². The molecule has 3 atom stereocenters. The lowest BCUT2D eigenvalue weighted by Crippen LogP contribution is -2.62. The minimum absolute atomic E-state index is 0.0582. The number of rotatable bonds is 3. The molecule has 2 aromatic carbocycles. The Balaban J connectivity index is 1.81. The van der Waals surface area contributed by atoms with Gasteiger partial charge in [0.2, 0.25) is 5.91 Å². The molecule has 1 saturated heterocycles. The lowest BCUT2D eigenvalue weighted by molar-refractivity contribution is -0.301. The molecule has 0 spiro atoms. The molecule has 0 aromatic heterocycles. The third-order valence-electron chi connectivity index (χ3n) is 5.02. The number of benzene rings is 2. The number of carboxylic acids is 1. The molecule has 2 aromatic rings. The molecular weight excluding hydrogens is 306 g/mol. The van der Waals surface area contributed by atoms with Gasteiger partial charge in [-0.1, -0.05) is 36.4 Å². The first-order valence-corrected chi connectivity index (χ1v) is 7.94. The third-order valence-corrected chi connectivity index (χ3v) is 5.02. The largest absolute Gasteiger partial charge is 0.543 e. The number of hydrogen-bond acceptors (Lipinski definition) is 4. The van der Waals surface area contributed by atoms with E-state index in [1.807, 2.05) is 42.5 Å². The van der Waals surface area contributed by atoms with Crippen LogP contribution >= 0.6 is 0 Å². The number of amides is 1. The Kier molecular flexibility index (Phi) is 3.21. The number of carbonyl (C=O) groups is 2. The highest BCUT2D eigenvalue weighted by atomic mass is 16.4. The van der Waals surface area contributed by atoms with Gasteiger partial charge in [-0.25, -0.2) is 0 Å². The molecule has 2 aliphatic rings. The molecule has 0 aliphatic carbocycles. The zero-order chi connectivity index (χ0) is 17.0. The summed E-state index contributed by atoms with van der Waals surface area (Å²) in [6, 6.07) is 13.3. The average molecular weight is 322 g/mol. The van der Waals surface area contributed by atoms with E-state index in [-0.39, 0.29) is 17.6 Å². The van der Waals surface area contributed by atoms with Gasteiger partial charge in [0.1, 0.15) is 0 Å². The molecule has 1 N–H and O–H groups in total. The van der Waals surface area contributed by atoms with Gasteiger partial charge in [0.05, 0.1) is 29.7 Å². The summed E-state index contributed by atoms with van der Waals surface area (Å²) in [5, 5.41) is 23.5. The standard InChI is InChI=1S/C19H17NO4/c1-10(21)16-15-9-14(17(19(23)24)20(15)18(16)22)13-7-6-11-4-2-3-5-12(11)8-13/h2-8,10,15-16,21H,9H2,1H3,(H,23,24)/p-1/t10-,15-,16-/m1/s1. The van der Waals surface area contributed by atoms with Crippen molar-refractivity contribution >= 4 is 28.2 Å². The van der Waals surface area contributed by atoms with Crippen molar-refractivity contribution in [1.29, 1.82) is 0 Å². The van der Waals surface area contributed by atoms with E-state index in [1.165, 1.54) is 4.90 Å². The monoisotopic (exact) mass is 322 g/mol. The van der Waals surface area contributed by atoms with Crippen molar-refractivity contribution in [2.75, 3.05) is 0 Å². The Morgan fingerprint density at radius 3 is 2.62 bits per heavy atom. The molecule has 0 bridgehead atoms. The Morgan fingerprint density at radius 1 is 1.25 bits per heavy atom. The molecule has 2 heterocycles. The maximum atomic E-state index is 12.2. The number of nitrogens with zero attached hydrogens (tertiary/aromatic N) is 1. The maximum absolute atomic E-state index is 12.2. The minimum atomic E-state index is -1.35. The van der Waals surface area contributed by atoms with E-state index in [2.05, 4.69) is 0 Å². The highest BCUT2D eigenvalue weighted by Crippen LogP contribution is 2.46. The van der Waals surface area contributed by atoms with Gasteiger partial charge in [0.15, 0.2) is 0 Å². The predicted octanol–water partition coefficient (Wildman–Crippen LogP) is 0.912. The minimum Gasteiger partial charge on any atom is -0.543 e. The molecule has 2 aliphatic heterocycles. The molecule has 1 fully saturated rings. The van der Waals surface area contributed by atoms with E-state index >= 15 is 0 Å². The van der Waals surface area contributed by atoms with Crippen molar-refractivity contribution in [3.63, 3.8) is 0 Å². The number of carbonyl (C=O) groups excluding carboxylic acids is 2. The molecule has 122 valence electrons. The number of carboxylic acid groups (broad SMARTS) is 1. The van der Waals surface area contributed by atoms with Crippen LogP contribution in [0.15, 0.2) is 48.2 Å². The summed E-state index contributed by atoms with van der Waals surface area (Å²) in [6.07, 6.45) is -0.374. The molecule has 1 amide bonds. The fourth-order valence-electron chi connectivity index (χ4n) is 3.89. The van der Waals surface area contributed by atoms with E-state index < -0.39 is 18.0 Å². The molecule has 0 saturated carbocycles. The fourth-order valence-corrected chi connectivity index (χ4v) is 3.89. The zero-order valence-corrected chi connectivity index (χ0v) is 13.1. The van der Waals surface area contributed by atoms with Crippen LogP contribution in [-0.4, -0.2) is 34.0 Å². The molecule has 5 heteroatoms. The highest BCUT2D eigenvalue weighted by Gasteiger charge is 2.55. The van der Waals surface area contributed by atoms with Crippen molar-refractivity contribution in [3.05, 3.63) is 53.7 Å². The number of aliphatic carboxylic acids is 1. The highest BCUT2D eigenvalue weighted by molar-refractivity contribution is 6.06. The van der Waals surface area contributed by atoms with Crippen LogP contribution in [0.2, 0.25) is 0 Å². The van der Waals surface area contributed by atoms with Gasteiger partial charge < -0.3 is 19.9 Å². The van der Waals surface area contributed by atoms with Crippen LogP contribution in [0.3, 0.4) is 0 Å². The van der Waals surface area contributed by atoms with Gasteiger partial charge in [-0.3, -0.25) is 4.79 Å². The van der Waals surface area contributed by atoms with Crippen LogP contribution in [0.4, 0.5) is 0 Å². The van der Waals surface area contributed by atoms with Gasteiger partial charge >= 0.3 is 0 Å². The van der Waals surface area contributed by atoms with Gasteiger partial charge in [-0.2, -0.15) is 0 Å². The Hall–Kier alpha value is -2.66. The SMILES string of the molecule is C[C@@H](O)[C@H]1C(=O)N2C(C(=O)[O-])=C(c3ccc4ccccc4c3)C[C@H]12. The average Bonchev–Trinajstić information content (AvgIpc) is 2.89. The van der Waals surface area contributed by atoms with E-state index in [9.17, 15) is 19.8 Å². The van der Waals surface area contributed by atoms with E-state index in [1.54, 1.807) is 6.92 Å². The van der Waals surface area contributed by atoms with Crippen LogP contribution in [-0.2, 0) is 9.59 Å². The Labute approximate surface area is 138 Å². The summed E-state index contributed by atoms with van der Waals surface area (Å²) in [5.74, 6) is -2.24. The van der Waals surface area contributed by atoms with Crippen molar-refractivity contribution in [2.45, 2.75) is 25.5 Å². The van der Waals surface area contributed by atoms with Crippen LogP contribution in [0.25, 0.3) is 16.3 Å². The van der Waals surface area contributed by atoms with Gasteiger partial charge in [0, 0.05) is 0 Å². The third kappa shape index (κ3) is 1.98. The predicted molar refractivity (Wildman–Crippen MR) is 86.3 cm³/mol. The number of aliphatic hydroxyl groups is 1. The quantitative estimate of drug-likeness (QED) is 0.852. The number of hydrogen-bond donors (Lipinski definition) is 1. The number of fused-ring (bicyclic) bond motifs is 2. The summed E-state index contributed by atoms with van der Waals surface area (Å²) < 4.78 is 0. The summed E-state index contributed by atoms with van der Waals surface area (Å²) >= 11 is 0. The van der Waals surface area contributed by atoms with Gasteiger partial charge in [-0.05, 0) is 41.3 Å². The summed E-state index contributed by atoms with van der Waals surface area (Å²) in [7, 11) is 0. The molecular formula is C19H16NO4-. The summed E-state index contributed by atoms with van der Waals surface area (Å²) in [4.78, 5) is 25.1. The fraction of sp³-hybridized carbons (Fsp3) is 0.263. The molecule has 5 nitrogen and oxygen atoms in total. The van der Waals surface area contributed by atoms with Crippen molar-refractivity contribution < 1.29 is 19.8 Å². The van der Waals surface area contributed by atoms with E-state index in [0.29, 0.717) is 12.0 Å². The molecule has 24 heavy (non-hydrogen) atoms. The van der Waals surface area contributed by atoms with Crippen LogP contribution in [0, 0.1) is 5.92 Å². The second kappa shape index (κ2) is 5.18. The Morgan fingerprint density at radius 2 is 1.96 bits per heavy atom.